The zero-order valence-corrected chi connectivity index (χ0v) is 32.5. The molecule has 0 atom stereocenters. The normalized spacial score (nSPS) is 13.0. The van der Waals surface area contributed by atoms with Crippen molar-refractivity contribution < 1.29 is 9.53 Å². The Kier molecular flexibility index (Phi) is 26.8. The Bertz CT molecular complexity index is 905. The third kappa shape index (κ3) is 20.8. The molecule has 1 heterocycles. The number of carbonyl (C=O) groups excluding carboxylic acids is 1. The number of nitrogens with zero attached hydrogens (tertiary/aromatic N) is 1. The van der Waals surface area contributed by atoms with Gasteiger partial charge in [0.15, 0.2) is 0 Å². The van der Waals surface area contributed by atoms with Gasteiger partial charge in [0.1, 0.15) is 6.54 Å². The molecule has 1 aliphatic rings. The van der Waals surface area contributed by atoms with Crippen molar-refractivity contribution >= 4 is 11.9 Å². The van der Waals surface area contributed by atoms with Gasteiger partial charge in [-0.15, -0.1) is 0 Å². The fourth-order valence-corrected chi connectivity index (χ4v) is 7.54. The molecule has 48 heavy (non-hydrogen) atoms. The lowest BCUT2D eigenvalue weighted by molar-refractivity contribution is -0.132. The van der Waals surface area contributed by atoms with E-state index < -0.39 is 0 Å². The highest BCUT2D eigenvalue weighted by Crippen LogP contribution is 2.27. The van der Waals surface area contributed by atoms with Crippen LogP contribution in [0.5, 0.6) is 0 Å². The topological polar surface area (TPSA) is 38.7 Å². The molecular formula is C45H79NO2. The number of benzene rings is 1. The number of unbranched alkanes of at least 4 members (excludes halogenated alkanes) is 27. The molecule has 2 rings (SSSR count). The molecule has 1 aromatic rings. The van der Waals surface area contributed by atoms with Crippen LogP contribution in [-0.4, -0.2) is 18.4 Å². The monoisotopic (exact) mass is 666 g/mol. The molecule has 0 amide bonds. The minimum atomic E-state index is -0.216. The lowest BCUT2D eigenvalue weighted by Crippen LogP contribution is -2.10. The molecule has 0 fully saturated rings. The van der Waals surface area contributed by atoms with Crippen molar-refractivity contribution in [2.75, 3.05) is 6.54 Å². The molecule has 0 aromatic heterocycles. The van der Waals surface area contributed by atoms with Gasteiger partial charge in [-0.2, -0.15) is 0 Å². The summed E-state index contributed by atoms with van der Waals surface area (Å²) in [5, 5.41) is 0. The maximum absolute atomic E-state index is 12.0. The first kappa shape index (κ1) is 42.5. The van der Waals surface area contributed by atoms with E-state index in [9.17, 15) is 4.79 Å². The Labute approximate surface area is 299 Å². The average Bonchev–Trinajstić information content (AvgIpc) is 3.54. The fourth-order valence-electron chi connectivity index (χ4n) is 7.54. The minimum Gasteiger partial charge on any atom is -0.406 e. The van der Waals surface area contributed by atoms with E-state index >= 15 is 0 Å². The largest absolute Gasteiger partial charge is 0.406 e. The van der Waals surface area contributed by atoms with Crippen LogP contribution in [0.1, 0.15) is 236 Å². The molecule has 0 N–H and O–H groups in total. The van der Waals surface area contributed by atoms with Crippen LogP contribution in [-0.2, 0) is 28.8 Å². The molecule has 0 saturated heterocycles. The Hall–Kier alpha value is -1.64. The van der Waals surface area contributed by atoms with Gasteiger partial charge in [0.25, 0.3) is 0 Å². The Balaban J connectivity index is 1.97. The van der Waals surface area contributed by atoms with Crippen molar-refractivity contribution in [3.8, 4) is 0 Å². The number of carbonyl (C=O) groups is 1. The SMILES string of the molecule is CCCCCCCCCCCCc1cc(C2=NCC(=O)O2)cc(CCCCCCCCCCCC)c1CCCCCCCCCCCC. The molecule has 1 aromatic carbocycles. The first-order valence-electron chi connectivity index (χ1n) is 21.6. The molecule has 0 bridgehead atoms. The summed E-state index contributed by atoms with van der Waals surface area (Å²) >= 11 is 0. The molecular weight excluding hydrogens is 587 g/mol. The highest BCUT2D eigenvalue weighted by Gasteiger charge is 2.21. The average molecular weight is 666 g/mol. The van der Waals surface area contributed by atoms with Crippen molar-refractivity contribution in [2.45, 2.75) is 233 Å². The summed E-state index contributed by atoms with van der Waals surface area (Å²) in [5.41, 5.74) is 5.68. The summed E-state index contributed by atoms with van der Waals surface area (Å²) in [7, 11) is 0. The van der Waals surface area contributed by atoms with Crippen molar-refractivity contribution in [1.29, 1.82) is 0 Å². The van der Waals surface area contributed by atoms with Gasteiger partial charge < -0.3 is 4.74 Å². The maximum atomic E-state index is 12.0. The van der Waals surface area contributed by atoms with Gasteiger partial charge in [-0.1, -0.05) is 194 Å². The van der Waals surface area contributed by atoms with Gasteiger partial charge >= 0.3 is 5.97 Å². The number of hydrogen-bond donors (Lipinski definition) is 0. The third-order valence-electron chi connectivity index (χ3n) is 10.6. The molecule has 0 saturated carbocycles. The van der Waals surface area contributed by atoms with Gasteiger partial charge in [-0.05, 0) is 67.3 Å². The third-order valence-corrected chi connectivity index (χ3v) is 10.6. The fraction of sp³-hybridized carbons (Fsp3) is 0.822. The van der Waals surface area contributed by atoms with Crippen molar-refractivity contribution in [2.24, 2.45) is 4.99 Å². The second-order valence-electron chi connectivity index (χ2n) is 15.2. The highest BCUT2D eigenvalue weighted by molar-refractivity contribution is 6.05. The molecule has 0 unspecified atom stereocenters. The maximum Gasteiger partial charge on any atom is 0.334 e. The molecule has 3 heteroatoms. The van der Waals surface area contributed by atoms with E-state index in [4.69, 9.17) is 4.74 Å². The first-order chi connectivity index (χ1) is 23.7. The number of rotatable bonds is 34. The van der Waals surface area contributed by atoms with E-state index in [0.717, 1.165) is 18.4 Å². The van der Waals surface area contributed by atoms with Crippen LogP contribution in [0.15, 0.2) is 17.1 Å². The summed E-state index contributed by atoms with van der Waals surface area (Å²) in [6, 6.07) is 4.69. The molecule has 3 nitrogen and oxygen atoms in total. The van der Waals surface area contributed by atoms with Crippen LogP contribution in [0, 0.1) is 0 Å². The standard InChI is InChI=1S/C45H79NO2/c1-4-7-10-13-16-19-22-25-28-31-34-40-37-42(45-46-39-44(47)48-45)38-41(35-32-29-26-23-20-17-14-11-8-5-2)43(40)36-33-30-27-24-21-18-15-12-9-6-3/h37-38H,4-36,39H2,1-3H3. The number of cyclic esters (lactones) is 1. The minimum absolute atomic E-state index is 0.164. The second kappa shape index (κ2) is 30.2. The summed E-state index contributed by atoms with van der Waals surface area (Å²) < 4.78 is 5.59. The van der Waals surface area contributed by atoms with Crippen LogP contribution < -0.4 is 0 Å². The van der Waals surface area contributed by atoms with E-state index in [-0.39, 0.29) is 12.5 Å². The van der Waals surface area contributed by atoms with Gasteiger partial charge in [0, 0.05) is 5.56 Å². The Morgan fingerprint density at radius 2 is 0.771 bits per heavy atom. The zero-order chi connectivity index (χ0) is 34.3. The molecule has 1 aliphatic heterocycles. The van der Waals surface area contributed by atoms with Gasteiger partial charge in [0.05, 0.1) is 0 Å². The number of aliphatic imine (C=N–C) groups is 1. The van der Waals surface area contributed by atoms with Gasteiger partial charge in [-0.25, -0.2) is 9.79 Å². The predicted molar refractivity (Wildman–Crippen MR) is 211 cm³/mol. The van der Waals surface area contributed by atoms with Crippen LogP contribution in [0.25, 0.3) is 0 Å². The van der Waals surface area contributed by atoms with E-state index in [2.05, 4.69) is 37.9 Å². The summed E-state index contributed by atoms with van der Waals surface area (Å²) in [6.07, 6.45) is 44.7. The summed E-state index contributed by atoms with van der Waals surface area (Å²) in [5.74, 6) is 0.339. The summed E-state index contributed by atoms with van der Waals surface area (Å²) in [6.45, 7) is 7.06. The number of hydrogen-bond acceptors (Lipinski definition) is 3. The van der Waals surface area contributed by atoms with E-state index in [1.807, 2.05) is 0 Å². The van der Waals surface area contributed by atoms with Crippen LogP contribution in [0.2, 0.25) is 0 Å². The van der Waals surface area contributed by atoms with E-state index in [0.29, 0.717) is 5.90 Å². The highest BCUT2D eigenvalue weighted by atomic mass is 16.6. The van der Waals surface area contributed by atoms with E-state index in [1.54, 1.807) is 5.56 Å². The quantitative estimate of drug-likeness (QED) is 0.0543. The molecule has 0 radical (unpaired) electrons. The molecule has 0 aliphatic carbocycles. The lowest BCUT2D eigenvalue weighted by atomic mass is 9.88. The molecule has 276 valence electrons. The Morgan fingerprint density at radius 3 is 1.08 bits per heavy atom. The first-order valence-corrected chi connectivity index (χ1v) is 21.6. The number of esters is 1. The Morgan fingerprint density at radius 1 is 0.458 bits per heavy atom. The van der Waals surface area contributed by atoms with Gasteiger partial charge in [-0.3, -0.25) is 0 Å². The smallest absolute Gasteiger partial charge is 0.334 e. The predicted octanol–water partition coefficient (Wildman–Crippen LogP) is 14.4. The zero-order valence-electron chi connectivity index (χ0n) is 32.5. The van der Waals surface area contributed by atoms with E-state index in [1.165, 1.54) is 210 Å². The van der Waals surface area contributed by atoms with Crippen molar-refractivity contribution in [1.82, 2.24) is 0 Å². The van der Waals surface area contributed by atoms with Crippen molar-refractivity contribution in [3.05, 3.63) is 34.4 Å². The van der Waals surface area contributed by atoms with Gasteiger partial charge in [0.2, 0.25) is 5.90 Å². The van der Waals surface area contributed by atoms with Crippen LogP contribution in [0.4, 0.5) is 0 Å². The lowest BCUT2D eigenvalue weighted by Gasteiger charge is -2.18. The second-order valence-corrected chi connectivity index (χ2v) is 15.2. The van der Waals surface area contributed by atoms with Crippen LogP contribution in [0.3, 0.4) is 0 Å². The summed E-state index contributed by atoms with van der Waals surface area (Å²) in [4.78, 5) is 16.5. The molecule has 0 spiro atoms. The number of ether oxygens (including phenoxy) is 1. The van der Waals surface area contributed by atoms with Crippen molar-refractivity contribution in [3.63, 3.8) is 0 Å². The number of aryl methyl sites for hydroxylation is 2. The van der Waals surface area contributed by atoms with Crippen LogP contribution >= 0.6 is 0 Å².